The number of hydrogen-bond acceptors (Lipinski definition) is 0. The fraction of sp³-hybridized carbons (Fsp3) is 0.650. The molecule has 0 nitrogen and oxygen atoms in total. The highest BCUT2D eigenvalue weighted by atomic mass is 19.1. The van der Waals surface area contributed by atoms with Gasteiger partial charge in [-0.2, -0.15) is 0 Å². The summed E-state index contributed by atoms with van der Waals surface area (Å²) in [5, 5.41) is 0. The van der Waals surface area contributed by atoms with Gasteiger partial charge in [-0.05, 0) is 135 Å². The summed E-state index contributed by atoms with van der Waals surface area (Å²) in [6, 6.07) is 12.2. The molecule has 230 valence electrons. The minimum Gasteiger partial charge on any atom is -0.207 e. The summed E-state index contributed by atoms with van der Waals surface area (Å²) >= 11 is 0. The minimum absolute atomic E-state index is 0.00613. The molecule has 1 atom stereocenters. The van der Waals surface area contributed by atoms with E-state index in [9.17, 15) is 0 Å². The van der Waals surface area contributed by atoms with Crippen LogP contribution in [0, 0.1) is 23.5 Å². The van der Waals surface area contributed by atoms with Crippen LogP contribution in [0.3, 0.4) is 0 Å². The molecule has 0 aromatic heterocycles. The van der Waals surface area contributed by atoms with E-state index < -0.39 is 0 Å². The maximum atomic E-state index is 15.4. The monoisotopic (exact) mass is 574 g/mol. The van der Waals surface area contributed by atoms with E-state index in [1.165, 1.54) is 94.6 Å². The maximum absolute atomic E-state index is 15.4. The van der Waals surface area contributed by atoms with Gasteiger partial charge in [0, 0.05) is 5.56 Å². The number of hydrogen-bond donors (Lipinski definition) is 0. The van der Waals surface area contributed by atoms with Crippen molar-refractivity contribution in [2.75, 3.05) is 0 Å². The Morgan fingerprint density at radius 1 is 0.619 bits per heavy atom. The first-order valence-corrected chi connectivity index (χ1v) is 17.8. The fourth-order valence-corrected chi connectivity index (χ4v) is 8.41. The van der Waals surface area contributed by atoms with Crippen molar-refractivity contribution in [1.29, 1.82) is 0 Å². The molecule has 3 aliphatic rings. The first kappa shape index (κ1) is 31.5. The van der Waals surface area contributed by atoms with Crippen molar-refractivity contribution in [3.63, 3.8) is 0 Å². The SMILES string of the molecule is CCCCCCCCC1CCC(c2ccc(C3CCC(c4ccc(C5=CCC(CC)CC5)c(F)c4)CC3)c(F)c2)CC1. The van der Waals surface area contributed by atoms with Crippen LogP contribution in [0.4, 0.5) is 8.78 Å². The number of benzene rings is 2. The average Bonchev–Trinajstić information content (AvgIpc) is 3.03. The molecule has 0 heterocycles. The zero-order chi connectivity index (χ0) is 29.3. The molecular weight excluding hydrogens is 518 g/mol. The molecule has 0 amide bonds. The molecule has 42 heavy (non-hydrogen) atoms. The Labute approximate surface area is 255 Å². The van der Waals surface area contributed by atoms with E-state index in [0.29, 0.717) is 11.8 Å². The largest absolute Gasteiger partial charge is 0.207 e. The van der Waals surface area contributed by atoms with Gasteiger partial charge in [0.15, 0.2) is 0 Å². The first-order valence-electron chi connectivity index (χ1n) is 17.8. The van der Waals surface area contributed by atoms with Crippen molar-refractivity contribution in [2.24, 2.45) is 11.8 Å². The van der Waals surface area contributed by atoms with E-state index in [1.807, 2.05) is 12.1 Å². The van der Waals surface area contributed by atoms with Crippen LogP contribution < -0.4 is 0 Å². The van der Waals surface area contributed by atoms with Crippen molar-refractivity contribution < 1.29 is 8.78 Å². The predicted octanol–water partition coefficient (Wildman–Crippen LogP) is 13.0. The van der Waals surface area contributed by atoms with Crippen molar-refractivity contribution in [3.8, 4) is 0 Å². The Morgan fingerprint density at radius 3 is 1.86 bits per heavy atom. The lowest BCUT2D eigenvalue weighted by atomic mass is 9.74. The van der Waals surface area contributed by atoms with Gasteiger partial charge in [0.2, 0.25) is 0 Å². The molecule has 2 fully saturated rings. The summed E-state index contributed by atoms with van der Waals surface area (Å²) in [5.74, 6) is 2.77. The van der Waals surface area contributed by atoms with Gasteiger partial charge in [0.25, 0.3) is 0 Å². The molecule has 5 rings (SSSR count). The van der Waals surface area contributed by atoms with Crippen molar-refractivity contribution in [3.05, 3.63) is 76.4 Å². The van der Waals surface area contributed by atoms with Crippen molar-refractivity contribution in [2.45, 2.75) is 154 Å². The highest BCUT2D eigenvalue weighted by molar-refractivity contribution is 5.67. The van der Waals surface area contributed by atoms with Gasteiger partial charge in [0.1, 0.15) is 11.6 Å². The average molecular weight is 575 g/mol. The standard InChI is InChI=1S/C40H56F2/c1-3-5-6-7-8-9-10-30-13-15-31(16-14-30)35-23-26-38(40(42)27-35)34-21-19-32(20-22-34)36-24-25-37(39(41)28-36)33-17-11-29(4-2)12-18-33/h17,23-32,34H,3-16,18-22H2,1-2H3. The summed E-state index contributed by atoms with van der Waals surface area (Å²) in [5.41, 5.74) is 5.24. The second-order valence-corrected chi connectivity index (χ2v) is 14.1. The van der Waals surface area contributed by atoms with Crippen molar-refractivity contribution in [1.82, 2.24) is 0 Å². The number of unbranched alkanes of at least 4 members (excludes halogenated alkanes) is 5. The highest BCUT2D eigenvalue weighted by Gasteiger charge is 2.28. The van der Waals surface area contributed by atoms with Gasteiger partial charge in [0.05, 0.1) is 0 Å². The lowest BCUT2D eigenvalue weighted by molar-refractivity contribution is 0.301. The smallest absolute Gasteiger partial charge is 0.130 e. The van der Waals surface area contributed by atoms with Crippen LogP contribution in [0.5, 0.6) is 0 Å². The molecule has 2 heteroatoms. The third-order valence-electron chi connectivity index (χ3n) is 11.4. The Kier molecular flexibility index (Phi) is 11.7. The third kappa shape index (κ3) is 8.15. The predicted molar refractivity (Wildman–Crippen MR) is 175 cm³/mol. The molecule has 0 spiro atoms. The fourth-order valence-electron chi connectivity index (χ4n) is 8.41. The quantitative estimate of drug-likeness (QED) is 0.221. The highest BCUT2D eigenvalue weighted by Crippen LogP contribution is 2.44. The lowest BCUT2D eigenvalue weighted by Gasteiger charge is -2.31. The van der Waals surface area contributed by atoms with E-state index in [4.69, 9.17) is 0 Å². The van der Waals surface area contributed by atoms with Crippen LogP contribution in [0.25, 0.3) is 5.57 Å². The van der Waals surface area contributed by atoms with Crippen LogP contribution in [0.15, 0.2) is 42.5 Å². The molecule has 0 N–H and O–H groups in total. The molecule has 3 aliphatic carbocycles. The Morgan fingerprint density at radius 2 is 1.24 bits per heavy atom. The Hall–Kier alpha value is -1.96. The van der Waals surface area contributed by atoms with Crippen LogP contribution in [0.1, 0.15) is 176 Å². The van der Waals surface area contributed by atoms with Gasteiger partial charge in [-0.15, -0.1) is 0 Å². The summed E-state index contributed by atoms with van der Waals surface area (Å²) in [4.78, 5) is 0. The minimum atomic E-state index is -0.0612. The normalized spacial score (nSPS) is 26.7. The van der Waals surface area contributed by atoms with Crippen LogP contribution in [-0.2, 0) is 0 Å². The van der Waals surface area contributed by atoms with Gasteiger partial charge < -0.3 is 0 Å². The molecule has 0 bridgehead atoms. The summed E-state index contributed by atoms with van der Waals surface area (Å²) in [7, 11) is 0. The summed E-state index contributed by atoms with van der Waals surface area (Å²) in [6.07, 6.45) is 25.5. The molecule has 2 aromatic carbocycles. The molecule has 0 radical (unpaired) electrons. The molecule has 1 unspecified atom stereocenters. The summed E-state index contributed by atoms with van der Waals surface area (Å²) < 4.78 is 30.6. The Balaban J connectivity index is 1.09. The van der Waals surface area contributed by atoms with E-state index in [1.54, 1.807) is 6.07 Å². The third-order valence-corrected chi connectivity index (χ3v) is 11.4. The zero-order valence-corrected chi connectivity index (χ0v) is 26.6. The zero-order valence-electron chi connectivity index (χ0n) is 26.6. The van der Waals surface area contributed by atoms with E-state index in [2.05, 4.69) is 38.1 Å². The molecular formula is C40H56F2. The number of allylic oxidation sites excluding steroid dienone is 2. The summed E-state index contributed by atoms with van der Waals surface area (Å²) in [6.45, 7) is 4.53. The van der Waals surface area contributed by atoms with Gasteiger partial charge in [-0.25, -0.2) is 8.78 Å². The Bertz CT molecular complexity index is 1150. The second-order valence-electron chi connectivity index (χ2n) is 14.1. The van der Waals surface area contributed by atoms with Crippen LogP contribution in [0.2, 0.25) is 0 Å². The topological polar surface area (TPSA) is 0 Å². The first-order chi connectivity index (χ1) is 20.6. The van der Waals surface area contributed by atoms with Gasteiger partial charge >= 0.3 is 0 Å². The van der Waals surface area contributed by atoms with Gasteiger partial charge in [-0.1, -0.05) is 95.6 Å². The van der Waals surface area contributed by atoms with Crippen LogP contribution >= 0.6 is 0 Å². The van der Waals surface area contributed by atoms with Gasteiger partial charge in [-0.3, -0.25) is 0 Å². The molecule has 0 aliphatic heterocycles. The lowest BCUT2D eigenvalue weighted by Crippen LogP contribution is -2.15. The molecule has 2 saturated carbocycles. The maximum Gasteiger partial charge on any atom is 0.130 e. The van der Waals surface area contributed by atoms with Crippen molar-refractivity contribution >= 4 is 5.57 Å². The molecule has 2 aromatic rings. The van der Waals surface area contributed by atoms with E-state index in [0.717, 1.165) is 67.1 Å². The van der Waals surface area contributed by atoms with E-state index >= 15 is 8.78 Å². The number of rotatable bonds is 12. The second kappa shape index (κ2) is 15.7. The molecule has 0 saturated heterocycles. The van der Waals surface area contributed by atoms with E-state index in [-0.39, 0.29) is 17.6 Å². The van der Waals surface area contributed by atoms with Crippen LogP contribution in [-0.4, -0.2) is 0 Å². The number of halogens is 2.